The SMILES string of the molecule is Cc1noc(-c2c(NC(=O)C(C)(C)CCl)sc3c2CCOC3)n1. The van der Waals surface area contributed by atoms with Crippen LogP contribution in [0.25, 0.3) is 11.5 Å². The Morgan fingerprint density at radius 1 is 1.48 bits per heavy atom. The van der Waals surface area contributed by atoms with Crippen molar-refractivity contribution in [2.75, 3.05) is 17.8 Å². The third-order valence-electron chi connectivity index (χ3n) is 3.74. The molecule has 1 N–H and O–H groups in total. The van der Waals surface area contributed by atoms with Crippen LogP contribution in [-0.2, 0) is 22.6 Å². The lowest BCUT2D eigenvalue weighted by atomic mass is 9.95. The van der Waals surface area contributed by atoms with E-state index in [1.54, 1.807) is 6.92 Å². The number of ether oxygens (including phenoxy) is 1. The van der Waals surface area contributed by atoms with Crippen molar-refractivity contribution < 1.29 is 14.1 Å². The summed E-state index contributed by atoms with van der Waals surface area (Å²) in [4.78, 5) is 17.9. The van der Waals surface area contributed by atoms with Crippen molar-refractivity contribution in [3.05, 3.63) is 16.3 Å². The molecule has 124 valence electrons. The van der Waals surface area contributed by atoms with Gasteiger partial charge in [-0.15, -0.1) is 22.9 Å². The van der Waals surface area contributed by atoms with Gasteiger partial charge in [-0.2, -0.15) is 4.98 Å². The van der Waals surface area contributed by atoms with E-state index in [1.165, 1.54) is 11.3 Å². The second-order valence-corrected chi connectivity index (χ2v) is 7.50. The lowest BCUT2D eigenvalue weighted by molar-refractivity contribution is -0.122. The van der Waals surface area contributed by atoms with E-state index in [0.717, 1.165) is 22.4 Å². The fourth-order valence-electron chi connectivity index (χ4n) is 2.28. The molecule has 1 aliphatic heterocycles. The molecule has 0 bridgehead atoms. The predicted molar refractivity (Wildman–Crippen MR) is 88.8 cm³/mol. The zero-order valence-electron chi connectivity index (χ0n) is 13.2. The molecular weight excluding hydrogens is 338 g/mol. The number of rotatable bonds is 4. The predicted octanol–water partition coefficient (Wildman–Crippen LogP) is 3.38. The maximum absolute atomic E-state index is 12.5. The Morgan fingerprint density at radius 3 is 2.91 bits per heavy atom. The van der Waals surface area contributed by atoms with Gasteiger partial charge in [-0.05, 0) is 32.8 Å². The molecular formula is C15H18ClN3O3S. The monoisotopic (exact) mass is 355 g/mol. The van der Waals surface area contributed by atoms with Crippen LogP contribution in [0.3, 0.4) is 0 Å². The van der Waals surface area contributed by atoms with Crippen molar-refractivity contribution in [3.63, 3.8) is 0 Å². The smallest absolute Gasteiger partial charge is 0.261 e. The van der Waals surface area contributed by atoms with Crippen LogP contribution >= 0.6 is 22.9 Å². The van der Waals surface area contributed by atoms with Crippen LogP contribution in [0.2, 0.25) is 0 Å². The number of amides is 1. The first kappa shape index (κ1) is 16.4. The highest BCUT2D eigenvalue weighted by Gasteiger charge is 2.31. The molecule has 1 amide bonds. The van der Waals surface area contributed by atoms with Gasteiger partial charge < -0.3 is 14.6 Å². The van der Waals surface area contributed by atoms with Gasteiger partial charge in [0.25, 0.3) is 5.89 Å². The average Bonchev–Trinajstić information content (AvgIpc) is 3.09. The van der Waals surface area contributed by atoms with Gasteiger partial charge in [0.15, 0.2) is 5.82 Å². The minimum absolute atomic E-state index is 0.135. The van der Waals surface area contributed by atoms with Crippen molar-refractivity contribution in [2.24, 2.45) is 5.41 Å². The molecule has 0 saturated carbocycles. The lowest BCUT2D eigenvalue weighted by Crippen LogP contribution is -2.32. The lowest BCUT2D eigenvalue weighted by Gasteiger charge is -2.20. The molecule has 0 spiro atoms. The first-order valence-electron chi connectivity index (χ1n) is 7.33. The summed E-state index contributed by atoms with van der Waals surface area (Å²) in [6.45, 7) is 6.56. The topological polar surface area (TPSA) is 77.2 Å². The van der Waals surface area contributed by atoms with E-state index in [2.05, 4.69) is 15.5 Å². The standard InChI is InChI=1S/C15H18ClN3O3S/c1-8-17-12(22-19-8)11-9-4-5-21-6-10(9)23-13(11)18-14(20)15(2,3)7-16/h4-7H2,1-3H3,(H,18,20). The van der Waals surface area contributed by atoms with E-state index in [9.17, 15) is 4.79 Å². The number of halogens is 1. The molecule has 0 unspecified atom stereocenters. The van der Waals surface area contributed by atoms with E-state index in [-0.39, 0.29) is 11.8 Å². The van der Waals surface area contributed by atoms with Gasteiger partial charge in [-0.3, -0.25) is 4.79 Å². The van der Waals surface area contributed by atoms with E-state index in [4.69, 9.17) is 20.9 Å². The normalized spacial score (nSPS) is 14.6. The number of aryl methyl sites for hydroxylation is 1. The van der Waals surface area contributed by atoms with Gasteiger partial charge in [-0.25, -0.2) is 0 Å². The molecule has 0 aliphatic carbocycles. The number of hydrogen-bond acceptors (Lipinski definition) is 6. The zero-order chi connectivity index (χ0) is 16.6. The number of thiophene rings is 1. The second-order valence-electron chi connectivity index (χ2n) is 6.13. The van der Waals surface area contributed by atoms with E-state index < -0.39 is 5.41 Å². The molecule has 0 aromatic carbocycles. The summed E-state index contributed by atoms with van der Waals surface area (Å²) in [6.07, 6.45) is 0.761. The molecule has 2 aromatic heterocycles. The Labute approximate surface area is 143 Å². The number of fused-ring (bicyclic) bond motifs is 1. The maximum Gasteiger partial charge on any atom is 0.261 e. The molecule has 3 heterocycles. The summed E-state index contributed by atoms with van der Waals surface area (Å²) in [7, 11) is 0. The van der Waals surface area contributed by atoms with Crippen LogP contribution in [0.5, 0.6) is 0 Å². The molecule has 3 rings (SSSR count). The maximum atomic E-state index is 12.5. The number of aromatic nitrogens is 2. The first-order valence-corrected chi connectivity index (χ1v) is 8.68. The largest absolute Gasteiger partial charge is 0.376 e. The molecule has 8 heteroatoms. The second kappa shape index (κ2) is 6.22. The van der Waals surface area contributed by atoms with Gasteiger partial charge in [0, 0.05) is 10.8 Å². The van der Waals surface area contributed by atoms with Crippen LogP contribution < -0.4 is 5.32 Å². The number of nitrogens with one attached hydrogen (secondary N) is 1. The molecule has 6 nitrogen and oxygen atoms in total. The Hall–Kier alpha value is -1.44. The average molecular weight is 356 g/mol. The Kier molecular flexibility index (Phi) is 4.44. The Morgan fingerprint density at radius 2 is 2.26 bits per heavy atom. The van der Waals surface area contributed by atoms with Crippen molar-refractivity contribution in [1.82, 2.24) is 10.1 Å². The zero-order valence-corrected chi connectivity index (χ0v) is 14.8. The molecule has 0 saturated heterocycles. The Bertz CT molecular complexity index is 738. The van der Waals surface area contributed by atoms with Crippen molar-refractivity contribution in [3.8, 4) is 11.5 Å². The highest BCUT2D eigenvalue weighted by atomic mass is 35.5. The van der Waals surface area contributed by atoms with Crippen molar-refractivity contribution in [1.29, 1.82) is 0 Å². The van der Waals surface area contributed by atoms with Gasteiger partial charge in [0.2, 0.25) is 5.91 Å². The summed E-state index contributed by atoms with van der Waals surface area (Å²) in [5, 5.41) is 7.55. The summed E-state index contributed by atoms with van der Waals surface area (Å²) < 4.78 is 10.8. The third-order valence-corrected chi connectivity index (χ3v) is 5.53. The molecule has 2 aromatic rings. The first-order chi connectivity index (χ1) is 10.9. The quantitative estimate of drug-likeness (QED) is 0.851. The molecule has 0 radical (unpaired) electrons. The Balaban J connectivity index is 2.03. The summed E-state index contributed by atoms with van der Waals surface area (Å²) >= 11 is 7.39. The fourth-order valence-corrected chi connectivity index (χ4v) is 3.57. The summed E-state index contributed by atoms with van der Waals surface area (Å²) in [5.41, 5.74) is 1.27. The van der Waals surface area contributed by atoms with Gasteiger partial charge in [0.1, 0.15) is 5.00 Å². The highest BCUT2D eigenvalue weighted by Crippen LogP contribution is 2.43. The molecule has 0 atom stereocenters. The van der Waals surface area contributed by atoms with Gasteiger partial charge in [-0.1, -0.05) is 5.16 Å². The molecule has 1 aliphatic rings. The summed E-state index contributed by atoms with van der Waals surface area (Å²) in [5.74, 6) is 1.10. The third kappa shape index (κ3) is 3.13. The van der Waals surface area contributed by atoms with Crippen LogP contribution in [0, 0.1) is 12.3 Å². The minimum Gasteiger partial charge on any atom is -0.376 e. The number of anilines is 1. The number of nitrogens with zero attached hydrogens (tertiary/aromatic N) is 2. The number of alkyl halides is 1. The molecule has 23 heavy (non-hydrogen) atoms. The van der Waals surface area contributed by atoms with Crippen LogP contribution in [0.15, 0.2) is 4.52 Å². The van der Waals surface area contributed by atoms with Crippen molar-refractivity contribution in [2.45, 2.75) is 33.8 Å². The fraction of sp³-hybridized carbons (Fsp3) is 0.533. The minimum atomic E-state index is -0.662. The van der Waals surface area contributed by atoms with Crippen LogP contribution in [0.4, 0.5) is 5.00 Å². The van der Waals surface area contributed by atoms with Gasteiger partial charge in [0.05, 0.1) is 24.2 Å². The summed E-state index contributed by atoms with van der Waals surface area (Å²) in [6, 6.07) is 0. The van der Waals surface area contributed by atoms with Crippen molar-refractivity contribution >= 4 is 33.8 Å². The number of hydrogen-bond donors (Lipinski definition) is 1. The molecule has 0 fully saturated rings. The number of carbonyl (C=O) groups is 1. The van der Waals surface area contributed by atoms with Crippen LogP contribution in [-0.4, -0.2) is 28.5 Å². The highest BCUT2D eigenvalue weighted by molar-refractivity contribution is 7.17. The van der Waals surface area contributed by atoms with Crippen LogP contribution in [0.1, 0.15) is 30.1 Å². The van der Waals surface area contributed by atoms with E-state index in [0.29, 0.717) is 29.9 Å². The number of carbonyl (C=O) groups excluding carboxylic acids is 1. The van der Waals surface area contributed by atoms with E-state index in [1.807, 2.05) is 13.8 Å². The van der Waals surface area contributed by atoms with E-state index >= 15 is 0 Å². The van der Waals surface area contributed by atoms with Gasteiger partial charge >= 0.3 is 0 Å².